The van der Waals surface area contributed by atoms with Gasteiger partial charge in [-0.15, -0.1) is 0 Å². The third-order valence-electron chi connectivity index (χ3n) is 5.15. The molecule has 0 aromatic heterocycles. The molecule has 0 bridgehead atoms. The maximum atomic E-state index is 13.5. The summed E-state index contributed by atoms with van der Waals surface area (Å²) in [5.74, 6) is -0.197. The van der Waals surface area contributed by atoms with Gasteiger partial charge in [0.1, 0.15) is 18.2 Å². The van der Waals surface area contributed by atoms with Crippen molar-refractivity contribution in [3.05, 3.63) is 102 Å². The van der Waals surface area contributed by atoms with Crippen LogP contribution >= 0.6 is 0 Å². The molecule has 6 heteroatoms. The van der Waals surface area contributed by atoms with Crippen molar-refractivity contribution in [1.29, 1.82) is 0 Å². The van der Waals surface area contributed by atoms with Crippen LogP contribution in [0.1, 0.15) is 11.1 Å². The third-order valence-corrected chi connectivity index (χ3v) is 5.15. The van der Waals surface area contributed by atoms with Gasteiger partial charge in [0.2, 0.25) is 0 Å². The van der Waals surface area contributed by atoms with Crippen molar-refractivity contribution in [3.8, 4) is 5.75 Å². The molecule has 3 aromatic carbocycles. The van der Waals surface area contributed by atoms with E-state index in [1.807, 2.05) is 60.7 Å². The van der Waals surface area contributed by atoms with Crippen LogP contribution in [0, 0.1) is 5.82 Å². The number of amides is 3. The van der Waals surface area contributed by atoms with Gasteiger partial charge in [-0.25, -0.2) is 9.18 Å². The van der Waals surface area contributed by atoms with Crippen LogP contribution in [0.5, 0.6) is 5.75 Å². The molecule has 152 valence electrons. The predicted molar refractivity (Wildman–Crippen MR) is 110 cm³/mol. The lowest BCUT2D eigenvalue weighted by Gasteiger charge is -2.27. The maximum Gasteiger partial charge on any atom is 0.325 e. The largest absolute Gasteiger partial charge is 0.492 e. The molecular formula is C24H21FN2O3. The highest BCUT2D eigenvalue weighted by Gasteiger charge is 2.52. The summed E-state index contributed by atoms with van der Waals surface area (Å²) < 4.78 is 18.6. The number of rotatable bonds is 7. The van der Waals surface area contributed by atoms with E-state index in [9.17, 15) is 14.0 Å². The Kier molecular flexibility index (Phi) is 5.48. The van der Waals surface area contributed by atoms with Crippen LogP contribution < -0.4 is 10.1 Å². The Bertz CT molecular complexity index is 1030. The molecule has 0 aliphatic carbocycles. The minimum atomic E-state index is -1.17. The van der Waals surface area contributed by atoms with Gasteiger partial charge in [-0.05, 0) is 35.4 Å². The summed E-state index contributed by atoms with van der Waals surface area (Å²) in [4.78, 5) is 27.4. The molecule has 1 heterocycles. The number of hydrogen-bond donors (Lipinski definition) is 1. The van der Waals surface area contributed by atoms with Crippen molar-refractivity contribution >= 4 is 11.9 Å². The Morgan fingerprint density at radius 1 is 0.867 bits per heavy atom. The second kappa shape index (κ2) is 8.37. The molecule has 4 rings (SSSR count). The lowest BCUT2D eigenvalue weighted by atomic mass is 9.83. The minimum Gasteiger partial charge on any atom is -0.492 e. The van der Waals surface area contributed by atoms with E-state index in [4.69, 9.17) is 4.74 Å². The molecule has 0 spiro atoms. The predicted octanol–water partition coefficient (Wildman–Crippen LogP) is 3.89. The first-order chi connectivity index (χ1) is 14.6. The van der Waals surface area contributed by atoms with E-state index in [2.05, 4.69) is 5.32 Å². The summed E-state index contributed by atoms with van der Waals surface area (Å²) in [7, 11) is 0. The molecule has 0 saturated carbocycles. The minimum absolute atomic E-state index is 0.0887. The highest BCUT2D eigenvalue weighted by molar-refractivity contribution is 6.07. The van der Waals surface area contributed by atoms with Gasteiger partial charge in [0, 0.05) is 6.42 Å². The smallest absolute Gasteiger partial charge is 0.325 e. The van der Waals surface area contributed by atoms with Gasteiger partial charge < -0.3 is 10.1 Å². The third kappa shape index (κ3) is 3.89. The van der Waals surface area contributed by atoms with Crippen LogP contribution in [0.4, 0.5) is 9.18 Å². The number of nitrogens with zero attached hydrogens (tertiary/aromatic N) is 1. The number of halogens is 1. The molecule has 0 unspecified atom stereocenters. The number of carbonyl (C=O) groups excluding carboxylic acids is 2. The zero-order valence-electron chi connectivity index (χ0n) is 16.3. The zero-order valence-corrected chi connectivity index (χ0v) is 16.3. The molecule has 1 fully saturated rings. The molecular weight excluding hydrogens is 383 g/mol. The highest BCUT2D eigenvalue weighted by atomic mass is 19.1. The van der Waals surface area contributed by atoms with Crippen LogP contribution in [-0.2, 0) is 16.8 Å². The van der Waals surface area contributed by atoms with Gasteiger partial charge in [0.15, 0.2) is 5.54 Å². The SMILES string of the molecule is O=C1N[C@@](Cc2ccccc2)(c2ccccc2)C(=O)N1CCOc1ccc(F)cc1. The van der Waals surface area contributed by atoms with Gasteiger partial charge in [-0.2, -0.15) is 0 Å². The van der Waals surface area contributed by atoms with Gasteiger partial charge in [-0.1, -0.05) is 60.7 Å². The van der Waals surface area contributed by atoms with Crippen LogP contribution in [0.25, 0.3) is 0 Å². The Morgan fingerprint density at radius 3 is 2.17 bits per heavy atom. The number of carbonyl (C=O) groups is 2. The van der Waals surface area contributed by atoms with Crippen LogP contribution in [-0.4, -0.2) is 30.0 Å². The molecule has 1 aliphatic rings. The quantitative estimate of drug-likeness (QED) is 0.608. The van der Waals surface area contributed by atoms with Gasteiger partial charge in [0.05, 0.1) is 6.54 Å². The Morgan fingerprint density at radius 2 is 1.50 bits per heavy atom. The molecule has 3 aromatic rings. The average Bonchev–Trinajstić information content (AvgIpc) is 3.01. The van der Waals surface area contributed by atoms with Crippen molar-refractivity contribution in [2.24, 2.45) is 0 Å². The summed E-state index contributed by atoms with van der Waals surface area (Å²) in [5.41, 5.74) is 0.504. The normalized spacial score (nSPS) is 18.4. The van der Waals surface area contributed by atoms with Crippen LogP contribution in [0.3, 0.4) is 0 Å². The van der Waals surface area contributed by atoms with E-state index in [1.54, 1.807) is 0 Å². The molecule has 3 amide bonds. The highest BCUT2D eigenvalue weighted by Crippen LogP contribution is 2.33. The fourth-order valence-electron chi connectivity index (χ4n) is 3.66. The van der Waals surface area contributed by atoms with Gasteiger partial charge >= 0.3 is 6.03 Å². The summed E-state index contributed by atoms with van der Waals surface area (Å²) >= 11 is 0. The molecule has 1 N–H and O–H groups in total. The number of ether oxygens (including phenoxy) is 1. The first-order valence-corrected chi connectivity index (χ1v) is 9.70. The van der Waals surface area contributed by atoms with Crippen molar-refractivity contribution in [2.45, 2.75) is 12.0 Å². The lowest BCUT2D eigenvalue weighted by Crippen LogP contribution is -2.46. The number of urea groups is 1. The van der Waals surface area contributed by atoms with Crippen LogP contribution in [0.15, 0.2) is 84.9 Å². The number of benzene rings is 3. The maximum absolute atomic E-state index is 13.5. The number of nitrogens with one attached hydrogen (secondary N) is 1. The lowest BCUT2D eigenvalue weighted by molar-refractivity contribution is -0.131. The summed E-state index contributed by atoms with van der Waals surface area (Å²) in [6, 6.07) is 24.0. The summed E-state index contributed by atoms with van der Waals surface area (Å²) in [5, 5.41) is 2.92. The summed E-state index contributed by atoms with van der Waals surface area (Å²) in [6.45, 7) is 0.201. The van der Waals surface area contributed by atoms with E-state index >= 15 is 0 Å². The standard InChI is InChI=1S/C24H21FN2O3/c25-20-11-13-21(14-12-20)30-16-15-27-22(28)24(26-23(27)29,19-9-5-2-6-10-19)17-18-7-3-1-4-8-18/h1-14H,15-17H2,(H,26,29)/t24-/m0/s1. The van der Waals surface area contributed by atoms with E-state index in [0.717, 1.165) is 11.1 Å². The fourth-order valence-corrected chi connectivity index (χ4v) is 3.66. The fraction of sp³-hybridized carbons (Fsp3) is 0.167. The Balaban J connectivity index is 1.55. The topological polar surface area (TPSA) is 58.6 Å². The van der Waals surface area contributed by atoms with Crippen molar-refractivity contribution < 1.29 is 18.7 Å². The molecule has 1 atom stereocenters. The van der Waals surface area contributed by atoms with Crippen molar-refractivity contribution in [3.63, 3.8) is 0 Å². The second-order valence-electron chi connectivity index (χ2n) is 7.12. The second-order valence-corrected chi connectivity index (χ2v) is 7.12. The Labute approximate surface area is 174 Å². The summed E-state index contributed by atoms with van der Waals surface area (Å²) in [6.07, 6.45) is 0.345. The van der Waals surface area contributed by atoms with Crippen molar-refractivity contribution in [1.82, 2.24) is 10.2 Å². The van der Waals surface area contributed by atoms with E-state index < -0.39 is 11.6 Å². The molecule has 5 nitrogen and oxygen atoms in total. The van der Waals surface area contributed by atoms with Gasteiger partial charge in [0.25, 0.3) is 5.91 Å². The Hall–Kier alpha value is -3.67. The van der Waals surface area contributed by atoms with Crippen LogP contribution in [0.2, 0.25) is 0 Å². The van der Waals surface area contributed by atoms with E-state index in [1.165, 1.54) is 29.2 Å². The monoisotopic (exact) mass is 404 g/mol. The average molecular weight is 404 g/mol. The van der Waals surface area contributed by atoms with Gasteiger partial charge in [-0.3, -0.25) is 9.69 Å². The molecule has 1 aliphatic heterocycles. The first kappa shape index (κ1) is 19.6. The van der Waals surface area contributed by atoms with E-state index in [0.29, 0.717) is 12.2 Å². The van der Waals surface area contributed by atoms with E-state index in [-0.39, 0.29) is 24.9 Å². The molecule has 0 radical (unpaired) electrons. The number of hydrogen-bond acceptors (Lipinski definition) is 3. The number of imide groups is 1. The first-order valence-electron chi connectivity index (χ1n) is 9.70. The zero-order chi connectivity index (χ0) is 21.0. The van der Waals surface area contributed by atoms with Crippen molar-refractivity contribution in [2.75, 3.05) is 13.2 Å². The molecule has 30 heavy (non-hydrogen) atoms. The molecule has 1 saturated heterocycles.